The summed E-state index contributed by atoms with van der Waals surface area (Å²) in [5, 5.41) is 9.91. The molecule has 84 valence electrons. The quantitative estimate of drug-likeness (QED) is 0.888. The van der Waals surface area contributed by atoms with Crippen LogP contribution >= 0.6 is 11.6 Å². The van der Waals surface area contributed by atoms with Crippen molar-refractivity contribution in [3.05, 3.63) is 35.6 Å². The monoisotopic (exact) mass is 236 g/mol. The Hall–Kier alpha value is -1.48. The maximum Gasteiger partial charge on any atom is 0.140 e. The number of aryl methyl sites for hydroxylation is 1. The number of aromatic nitrogens is 2. The van der Waals surface area contributed by atoms with Crippen LogP contribution in [-0.4, -0.2) is 14.7 Å². The molecule has 0 spiro atoms. The van der Waals surface area contributed by atoms with Crippen LogP contribution in [0.1, 0.15) is 13.3 Å². The fourth-order valence-electron chi connectivity index (χ4n) is 1.64. The number of hydrogen-bond donors (Lipinski definition) is 1. The molecule has 1 aromatic heterocycles. The highest BCUT2D eigenvalue weighted by Crippen LogP contribution is 2.28. The van der Waals surface area contributed by atoms with Gasteiger partial charge in [-0.3, -0.25) is 0 Å². The Morgan fingerprint density at radius 2 is 2.25 bits per heavy atom. The zero-order valence-electron chi connectivity index (χ0n) is 9.02. The average Bonchev–Trinajstić information content (AvgIpc) is 2.71. The SMILES string of the molecule is CCCn1ccnc1-c1ccc(Cl)c(O)c1. The number of aromatic hydroxyl groups is 1. The molecule has 0 atom stereocenters. The third kappa shape index (κ3) is 2.04. The van der Waals surface area contributed by atoms with Gasteiger partial charge >= 0.3 is 0 Å². The third-order valence-corrected chi connectivity index (χ3v) is 2.70. The van der Waals surface area contributed by atoms with Gasteiger partial charge in [0.15, 0.2) is 0 Å². The molecule has 0 saturated carbocycles. The molecule has 3 nitrogen and oxygen atoms in total. The van der Waals surface area contributed by atoms with E-state index >= 15 is 0 Å². The van der Waals surface area contributed by atoms with Crippen LogP contribution in [0, 0.1) is 0 Å². The van der Waals surface area contributed by atoms with E-state index in [1.54, 1.807) is 18.3 Å². The largest absolute Gasteiger partial charge is 0.506 e. The normalized spacial score (nSPS) is 10.6. The molecule has 0 unspecified atom stereocenters. The van der Waals surface area contributed by atoms with Crippen molar-refractivity contribution in [2.45, 2.75) is 19.9 Å². The maximum atomic E-state index is 9.55. The number of phenols is 1. The molecule has 0 aliphatic rings. The van der Waals surface area contributed by atoms with Gasteiger partial charge in [-0.25, -0.2) is 4.98 Å². The number of nitrogens with zero attached hydrogens (tertiary/aromatic N) is 2. The second kappa shape index (κ2) is 4.58. The van der Waals surface area contributed by atoms with Crippen molar-refractivity contribution in [2.75, 3.05) is 0 Å². The van der Waals surface area contributed by atoms with Crippen molar-refractivity contribution in [3.63, 3.8) is 0 Å². The topological polar surface area (TPSA) is 38.0 Å². The smallest absolute Gasteiger partial charge is 0.140 e. The molecule has 0 bridgehead atoms. The van der Waals surface area contributed by atoms with E-state index < -0.39 is 0 Å². The van der Waals surface area contributed by atoms with Crippen LogP contribution in [-0.2, 0) is 6.54 Å². The molecule has 1 heterocycles. The van der Waals surface area contributed by atoms with Gasteiger partial charge in [0.2, 0.25) is 0 Å². The summed E-state index contributed by atoms with van der Waals surface area (Å²) >= 11 is 5.77. The lowest BCUT2D eigenvalue weighted by atomic mass is 10.2. The molecular weight excluding hydrogens is 224 g/mol. The van der Waals surface area contributed by atoms with E-state index in [-0.39, 0.29) is 5.75 Å². The first-order valence-electron chi connectivity index (χ1n) is 5.22. The van der Waals surface area contributed by atoms with Crippen molar-refractivity contribution in [1.82, 2.24) is 9.55 Å². The lowest BCUT2D eigenvalue weighted by Crippen LogP contribution is -1.98. The van der Waals surface area contributed by atoms with Gasteiger partial charge in [0.25, 0.3) is 0 Å². The molecule has 0 aliphatic heterocycles. The van der Waals surface area contributed by atoms with Gasteiger partial charge in [-0.15, -0.1) is 0 Å². The van der Waals surface area contributed by atoms with Crippen molar-refractivity contribution < 1.29 is 5.11 Å². The molecule has 1 N–H and O–H groups in total. The van der Waals surface area contributed by atoms with E-state index in [2.05, 4.69) is 16.5 Å². The van der Waals surface area contributed by atoms with E-state index in [9.17, 15) is 5.11 Å². The van der Waals surface area contributed by atoms with E-state index in [0.717, 1.165) is 24.4 Å². The zero-order valence-corrected chi connectivity index (χ0v) is 9.78. The van der Waals surface area contributed by atoms with Gasteiger partial charge in [-0.2, -0.15) is 0 Å². The van der Waals surface area contributed by atoms with Gasteiger partial charge < -0.3 is 9.67 Å². The molecule has 0 radical (unpaired) electrons. The number of rotatable bonds is 3. The summed E-state index contributed by atoms with van der Waals surface area (Å²) in [6, 6.07) is 5.17. The number of halogens is 1. The second-order valence-electron chi connectivity index (χ2n) is 3.61. The predicted molar refractivity (Wildman–Crippen MR) is 64.6 cm³/mol. The van der Waals surface area contributed by atoms with Crippen LogP contribution in [0.15, 0.2) is 30.6 Å². The van der Waals surface area contributed by atoms with Crippen LogP contribution in [0.4, 0.5) is 0 Å². The first-order chi connectivity index (χ1) is 7.72. The van der Waals surface area contributed by atoms with Crippen LogP contribution < -0.4 is 0 Å². The molecule has 0 fully saturated rings. The minimum absolute atomic E-state index is 0.0882. The molecule has 0 aliphatic carbocycles. The Labute approximate surface area is 99.3 Å². The molecule has 2 rings (SSSR count). The second-order valence-corrected chi connectivity index (χ2v) is 4.02. The minimum Gasteiger partial charge on any atom is -0.506 e. The van der Waals surface area contributed by atoms with Crippen molar-refractivity contribution >= 4 is 11.6 Å². The lowest BCUT2D eigenvalue weighted by Gasteiger charge is -2.07. The van der Waals surface area contributed by atoms with Crippen molar-refractivity contribution in [1.29, 1.82) is 0 Å². The van der Waals surface area contributed by atoms with Gasteiger partial charge in [-0.1, -0.05) is 18.5 Å². The lowest BCUT2D eigenvalue weighted by molar-refractivity contribution is 0.475. The van der Waals surface area contributed by atoms with Gasteiger partial charge in [0.05, 0.1) is 5.02 Å². The Morgan fingerprint density at radius 3 is 2.94 bits per heavy atom. The van der Waals surface area contributed by atoms with E-state index in [1.807, 2.05) is 12.3 Å². The first kappa shape index (κ1) is 11.0. The molecule has 2 aromatic rings. The molecule has 0 amide bonds. The predicted octanol–water partition coefficient (Wildman–Crippen LogP) is 3.32. The Bertz CT molecular complexity index is 494. The number of phenolic OH excluding ortho intramolecular Hbond substituents is 1. The standard InChI is InChI=1S/C12H13ClN2O/c1-2-6-15-7-5-14-12(15)9-3-4-10(13)11(16)8-9/h3-5,7-8,16H,2,6H2,1H3. The first-order valence-corrected chi connectivity index (χ1v) is 5.60. The Balaban J connectivity index is 2.42. The fourth-order valence-corrected chi connectivity index (χ4v) is 1.76. The summed E-state index contributed by atoms with van der Waals surface area (Å²) < 4.78 is 2.06. The van der Waals surface area contributed by atoms with E-state index in [0.29, 0.717) is 5.02 Å². The van der Waals surface area contributed by atoms with Gasteiger partial charge in [-0.05, 0) is 24.6 Å². The minimum atomic E-state index is 0.0882. The van der Waals surface area contributed by atoms with Crippen LogP contribution in [0.3, 0.4) is 0 Å². The summed E-state index contributed by atoms with van der Waals surface area (Å²) in [7, 11) is 0. The highest BCUT2D eigenvalue weighted by molar-refractivity contribution is 6.32. The number of benzene rings is 1. The molecule has 4 heteroatoms. The Kier molecular flexibility index (Phi) is 3.15. The third-order valence-electron chi connectivity index (χ3n) is 2.38. The summed E-state index contributed by atoms with van der Waals surface area (Å²) in [5.74, 6) is 0.944. The molecule has 1 aromatic carbocycles. The fraction of sp³-hybridized carbons (Fsp3) is 0.250. The van der Waals surface area contributed by atoms with Gasteiger partial charge in [0.1, 0.15) is 11.6 Å². The van der Waals surface area contributed by atoms with Crippen LogP contribution in [0.2, 0.25) is 5.02 Å². The summed E-state index contributed by atoms with van der Waals surface area (Å²) in [4.78, 5) is 4.28. The van der Waals surface area contributed by atoms with Crippen LogP contribution in [0.5, 0.6) is 5.75 Å². The molecular formula is C12H13ClN2O. The highest BCUT2D eigenvalue weighted by atomic mass is 35.5. The van der Waals surface area contributed by atoms with Crippen molar-refractivity contribution in [2.24, 2.45) is 0 Å². The zero-order chi connectivity index (χ0) is 11.5. The number of imidazole rings is 1. The number of hydrogen-bond acceptors (Lipinski definition) is 2. The average molecular weight is 237 g/mol. The van der Waals surface area contributed by atoms with E-state index in [4.69, 9.17) is 11.6 Å². The molecule has 0 saturated heterocycles. The maximum absolute atomic E-state index is 9.55. The van der Waals surface area contributed by atoms with Gasteiger partial charge in [0, 0.05) is 24.5 Å². The van der Waals surface area contributed by atoms with E-state index in [1.165, 1.54) is 0 Å². The Morgan fingerprint density at radius 1 is 1.44 bits per heavy atom. The summed E-state index contributed by atoms with van der Waals surface area (Å²) in [5.41, 5.74) is 0.875. The van der Waals surface area contributed by atoms with Crippen LogP contribution in [0.25, 0.3) is 11.4 Å². The van der Waals surface area contributed by atoms with Crippen molar-refractivity contribution in [3.8, 4) is 17.1 Å². The highest BCUT2D eigenvalue weighted by Gasteiger charge is 2.07. The summed E-state index contributed by atoms with van der Waals surface area (Å²) in [6.45, 7) is 3.03. The summed E-state index contributed by atoms with van der Waals surface area (Å²) in [6.07, 6.45) is 4.74. The molecule has 16 heavy (non-hydrogen) atoms.